The van der Waals surface area contributed by atoms with Crippen LogP contribution in [0.15, 0.2) is 12.1 Å². The molecule has 1 aliphatic heterocycles. The number of hydrogen-bond donors (Lipinski definition) is 1. The topological polar surface area (TPSA) is 61.6 Å². The lowest BCUT2D eigenvalue weighted by Crippen LogP contribution is -2.41. The van der Waals surface area contributed by atoms with Crippen molar-refractivity contribution in [3.63, 3.8) is 0 Å². The van der Waals surface area contributed by atoms with Crippen molar-refractivity contribution in [3.05, 3.63) is 28.8 Å². The van der Waals surface area contributed by atoms with E-state index in [1.54, 1.807) is 6.07 Å². The molecule has 0 saturated carbocycles. The Kier molecular flexibility index (Phi) is 3.47. The maximum atomic E-state index is 11.5. The van der Waals surface area contributed by atoms with Gasteiger partial charge in [-0.3, -0.25) is 4.79 Å². The van der Waals surface area contributed by atoms with E-state index in [9.17, 15) is 4.79 Å². The van der Waals surface area contributed by atoms with Gasteiger partial charge in [-0.05, 0) is 58.6 Å². The lowest BCUT2D eigenvalue weighted by molar-refractivity contribution is 0.00578. The predicted octanol–water partition coefficient (Wildman–Crippen LogP) is 1.70. The fraction of sp³-hybridized carbons (Fsp3) is 0.533. The molecule has 20 heavy (non-hydrogen) atoms. The van der Waals surface area contributed by atoms with Gasteiger partial charge in [0.1, 0.15) is 0 Å². The molecule has 0 unspecified atom stereocenters. The molecule has 5 heteroatoms. The number of primary amides is 1. The maximum Gasteiger partial charge on any atom is 0.495 e. The molecule has 0 aromatic heterocycles. The van der Waals surface area contributed by atoms with E-state index in [4.69, 9.17) is 15.0 Å². The average Bonchev–Trinajstić information content (AvgIpc) is 2.47. The summed E-state index contributed by atoms with van der Waals surface area (Å²) in [5.41, 5.74) is 7.89. The molecule has 1 aliphatic rings. The van der Waals surface area contributed by atoms with E-state index in [1.165, 1.54) is 0 Å². The SMILES string of the molecule is Cc1ccc(C(N)=O)c(C)c1B1OC(C)(C)C(C)(C)O1. The highest BCUT2D eigenvalue weighted by Gasteiger charge is 2.52. The van der Waals surface area contributed by atoms with Gasteiger partial charge in [0.05, 0.1) is 11.2 Å². The van der Waals surface area contributed by atoms with Crippen LogP contribution in [-0.2, 0) is 9.31 Å². The summed E-state index contributed by atoms with van der Waals surface area (Å²) in [5, 5.41) is 0. The molecule has 2 rings (SSSR count). The van der Waals surface area contributed by atoms with Crippen LogP contribution in [-0.4, -0.2) is 24.2 Å². The number of carbonyl (C=O) groups excluding carboxylic acids is 1. The highest BCUT2D eigenvalue weighted by Crippen LogP contribution is 2.37. The Morgan fingerprint density at radius 2 is 1.60 bits per heavy atom. The molecule has 2 N–H and O–H groups in total. The van der Waals surface area contributed by atoms with Gasteiger partial charge in [0, 0.05) is 5.56 Å². The van der Waals surface area contributed by atoms with Crippen LogP contribution < -0.4 is 11.2 Å². The van der Waals surface area contributed by atoms with Gasteiger partial charge in [0.2, 0.25) is 5.91 Å². The van der Waals surface area contributed by atoms with Crippen LogP contribution in [0.5, 0.6) is 0 Å². The second kappa shape index (κ2) is 4.60. The minimum absolute atomic E-state index is 0.403. The van der Waals surface area contributed by atoms with Crippen molar-refractivity contribution in [1.29, 1.82) is 0 Å². The maximum absolute atomic E-state index is 11.5. The quantitative estimate of drug-likeness (QED) is 0.836. The number of amides is 1. The van der Waals surface area contributed by atoms with Crippen LogP contribution in [0.3, 0.4) is 0 Å². The summed E-state index contributed by atoms with van der Waals surface area (Å²) in [4.78, 5) is 11.5. The molecule has 1 aromatic rings. The van der Waals surface area contributed by atoms with Crippen molar-refractivity contribution < 1.29 is 14.1 Å². The molecule has 0 spiro atoms. The van der Waals surface area contributed by atoms with Crippen molar-refractivity contribution in [2.45, 2.75) is 52.7 Å². The van der Waals surface area contributed by atoms with Crippen LogP contribution in [0.1, 0.15) is 49.2 Å². The van der Waals surface area contributed by atoms with Gasteiger partial charge >= 0.3 is 7.12 Å². The third-order valence-electron chi connectivity index (χ3n) is 4.49. The molecule has 1 amide bonds. The van der Waals surface area contributed by atoms with Crippen LogP contribution in [0.4, 0.5) is 0 Å². The van der Waals surface area contributed by atoms with Gasteiger partial charge in [0.25, 0.3) is 0 Å². The number of benzene rings is 1. The molecule has 1 saturated heterocycles. The third-order valence-corrected chi connectivity index (χ3v) is 4.49. The number of nitrogens with two attached hydrogens (primary N) is 1. The Hall–Kier alpha value is -1.33. The van der Waals surface area contributed by atoms with E-state index in [0.717, 1.165) is 16.6 Å². The van der Waals surface area contributed by atoms with E-state index in [1.807, 2.05) is 47.6 Å². The standard InChI is InChI=1S/C15H22BNO3/c1-9-7-8-11(13(17)18)10(2)12(9)16-19-14(3,4)15(5,6)20-16/h7-8H,1-6H3,(H2,17,18). The largest absolute Gasteiger partial charge is 0.495 e. The van der Waals surface area contributed by atoms with E-state index in [2.05, 4.69) is 0 Å². The van der Waals surface area contributed by atoms with Crippen LogP contribution >= 0.6 is 0 Å². The first-order chi connectivity index (χ1) is 9.07. The summed E-state index contributed by atoms with van der Waals surface area (Å²) in [7, 11) is -0.473. The van der Waals surface area contributed by atoms with Gasteiger partial charge in [-0.25, -0.2) is 0 Å². The summed E-state index contributed by atoms with van der Waals surface area (Å²) in [5.74, 6) is -0.430. The molecule has 1 fully saturated rings. The van der Waals surface area contributed by atoms with Crippen LogP contribution in [0.25, 0.3) is 0 Å². The zero-order valence-corrected chi connectivity index (χ0v) is 13.0. The first-order valence-electron chi connectivity index (χ1n) is 6.82. The zero-order valence-electron chi connectivity index (χ0n) is 13.0. The van der Waals surface area contributed by atoms with Gasteiger partial charge in [-0.2, -0.15) is 0 Å². The second-order valence-electron chi connectivity index (χ2n) is 6.42. The van der Waals surface area contributed by atoms with Crippen molar-refractivity contribution in [1.82, 2.24) is 0 Å². The Bertz CT molecular complexity index is 550. The lowest BCUT2D eigenvalue weighted by Gasteiger charge is -2.32. The predicted molar refractivity (Wildman–Crippen MR) is 80.1 cm³/mol. The summed E-state index contributed by atoms with van der Waals surface area (Å²) in [6.45, 7) is 11.9. The Labute approximate surface area is 120 Å². The molecule has 0 atom stereocenters. The van der Waals surface area contributed by atoms with Gasteiger partial charge in [-0.15, -0.1) is 0 Å². The van der Waals surface area contributed by atoms with Crippen molar-refractivity contribution in [2.24, 2.45) is 5.73 Å². The van der Waals surface area contributed by atoms with Crippen molar-refractivity contribution >= 4 is 18.5 Å². The molecule has 4 nitrogen and oxygen atoms in total. The Morgan fingerprint density at radius 3 is 2.05 bits per heavy atom. The van der Waals surface area contributed by atoms with E-state index < -0.39 is 24.2 Å². The number of carbonyl (C=O) groups is 1. The summed E-state index contributed by atoms with van der Waals surface area (Å²) >= 11 is 0. The number of hydrogen-bond acceptors (Lipinski definition) is 3. The molecule has 108 valence electrons. The molecule has 1 aromatic carbocycles. The van der Waals surface area contributed by atoms with Gasteiger partial charge in [-0.1, -0.05) is 11.6 Å². The fourth-order valence-corrected chi connectivity index (χ4v) is 2.45. The van der Waals surface area contributed by atoms with Gasteiger partial charge in [0.15, 0.2) is 0 Å². The molecular weight excluding hydrogens is 253 g/mol. The first-order valence-corrected chi connectivity index (χ1v) is 6.82. The smallest absolute Gasteiger partial charge is 0.399 e. The summed E-state index contributed by atoms with van der Waals surface area (Å²) < 4.78 is 12.1. The second-order valence-corrected chi connectivity index (χ2v) is 6.42. The Balaban J connectivity index is 2.50. The van der Waals surface area contributed by atoms with E-state index >= 15 is 0 Å². The Morgan fingerprint density at radius 1 is 1.10 bits per heavy atom. The molecule has 1 heterocycles. The fourth-order valence-electron chi connectivity index (χ4n) is 2.45. The van der Waals surface area contributed by atoms with E-state index in [-0.39, 0.29) is 0 Å². The minimum atomic E-state index is -0.473. The molecule has 0 aliphatic carbocycles. The lowest BCUT2D eigenvalue weighted by atomic mass is 9.72. The number of rotatable bonds is 2. The summed E-state index contributed by atoms with van der Waals surface area (Å²) in [6, 6.07) is 3.63. The average molecular weight is 275 g/mol. The molecule has 0 bridgehead atoms. The van der Waals surface area contributed by atoms with Gasteiger partial charge < -0.3 is 15.0 Å². The highest BCUT2D eigenvalue weighted by molar-refractivity contribution is 6.63. The normalized spacial score (nSPS) is 20.2. The first kappa shape index (κ1) is 15.1. The minimum Gasteiger partial charge on any atom is -0.399 e. The number of aryl methyl sites for hydroxylation is 1. The highest BCUT2D eigenvalue weighted by atomic mass is 16.7. The van der Waals surface area contributed by atoms with Crippen LogP contribution in [0, 0.1) is 13.8 Å². The molecule has 0 radical (unpaired) electrons. The zero-order chi connectivity index (χ0) is 15.3. The van der Waals surface area contributed by atoms with Crippen LogP contribution in [0.2, 0.25) is 0 Å². The van der Waals surface area contributed by atoms with Crippen molar-refractivity contribution in [3.8, 4) is 0 Å². The van der Waals surface area contributed by atoms with E-state index in [0.29, 0.717) is 5.56 Å². The monoisotopic (exact) mass is 275 g/mol. The van der Waals surface area contributed by atoms with Crippen molar-refractivity contribution in [2.75, 3.05) is 0 Å². The summed E-state index contributed by atoms with van der Waals surface area (Å²) in [6.07, 6.45) is 0. The molecular formula is C15H22BNO3. The third kappa shape index (κ3) is 2.25.